The van der Waals surface area contributed by atoms with Crippen LogP contribution in [0.1, 0.15) is 35.9 Å². The van der Waals surface area contributed by atoms with E-state index in [0.29, 0.717) is 5.56 Å². The van der Waals surface area contributed by atoms with Crippen LogP contribution in [0.25, 0.3) is 0 Å². The maximum atomic E-state index is 13.7. The Morgan fingerprint density at radius 3 is 2.91 bits per heavy atom. The average Bonchev–Trinajstić information content (AvgIpc) is 2.88. The summed E-state index contributed by atoms with van der Waals surface area (Å²) in [7, 11) is 0. The highest BCUT2D eigenvalue weighted by atomic mass is 19.1. The van der Waals surface area contributed by atoms with E-state index < -0.39 is 22.9 Å². The lowest BCUT2D eigenvalue weighted by Crippen LogP contribution is -2.17. The van der Waals surface area contributed by atoms with E-state index >= 15 is 0 Å². The molecule has 0 saturated carbocycles. The molecule has 0 N–H and O–H groups in total. The topological polar surface area (TPSA) is 87.3 Å². The van der Waals surface area contributed by atoms with Crippen LogP contribution in [0.5, 0.6) is 0 Å². The number of nitrogens with zero attached hydrogens (tertiary/aromatic N) is 3. The molecule has 116 valence electrons. The van der Waals surface area contributed by atoms with Crippen LogP contribution in [0, 0.1) is 16.1 Å². The molecule has 0 fully saturated rings. The van der Waals surface area contributed by atoms with Gasteiger partial charge in [-0.3, -0.25) is 10.1 Å². The predicted octanol–water partition coefficient (Wildman–Crippen LogP) is 2.72. The summed E-state index contributed by atoms with van der Waals surface area (Å²) in [5.41, 5.74) is 0.167. The Morgan fingerprint density at radius 2 is 2.27 bits per heavy atom. The number of ether oxygens (including phenoxy) is 1. The zero-order chi connectivity index (χ0) is 16.3. The van der Waals surface area contributed by atoms with Gasteiger partial charge in [-0.25, -0.2) is 9.78 Å². The molecule has 0 saturated heterocycles. The fourth-order valence-electron chi connectivity index (χ4n) is 2.08. The molecule has 8 heteroatoms. The second-order valence-electron chi connectivity index (χ2n) is 4.54. The summed E-state index contributed by atoms with van der Waals surface area (Å²) in [4.78, 5) is 25.6. The van der Waals surface area contributed by atoms with Crippen molar-refractivity contribution in [3.05, 3.63) is 57.9 Å². The quantitative estimate of drug-likeness (QED) is 0.481. The van der Waals surface area contributed by atoms with Gasteiger partial charge in [0, 0.05) is 12.1 Å². The summed E-state index contributed by atoms with van der Waals surface area (Å²) in [6.45, 7) is 3.40. The van der Waals surface area contributed by atoms with Gasteiger partial charge < -0.3 is 9.30 Å². The highest BCUT2D eigenvalue weighted by Crippen LogP contribution is 2.24. The number of hydrogen-bond acceptors (Lipinski definition) is 5. The number of nitro benzene ring substituents is 1. The molecule has 2 aromatic rings. The number of carbonyl (C=O) groups is 1. The Balaban J connectivity index is 2.42. The molecule has 0 aliphatic heterocycles. The second kappa shape index (κ2) is 6.33. The van der Waals surface area contributed by atoms with Gasteiger partial charge in [-0.15, -0.1) is 0 Å². The molecule has 1 aromatic carbocycles. The molecule has 0 bridgehead atoms. The first kappa shape index (κ1) is 15.6. The number of esters is 1. The standard InChI is InChI=1S/C14H14FN3O4/c1-3-22-14(19)12-13(15)16-8-17(12)9(2)10-5-4-6-11(7-10)18(20)21/h4-9H,3H2,1-2H3/t9-/m1/s1. The van der Waals surface area contributed by atoms with Crippen molar-refractivity contribution >= 4 is 11.7 Å². The van der Waals surface area contributed by atoms with Crippen LogP contribution in [0.2, 0.25) is 0 Å². The number of imidazole rings is 1. The molecule has 2 rings (SSSR count). The third-order valence-electron chi connectivity index (χ3n) is 3.20. The SMILES string of the molecule is CCOC(=O)c1c(F)ncn1[C@H](C)c1cccc([N+](=O)[O-])c1. The van der Waals surface area contributed by atoms with E-state index in [-0.39, 0.29) is 18.0 Å². The monoisotopic (exact) mass is 307 g/mol. The van der Waals surface area contributed by atoms with Crippen LogP contribution >= 0.6 is 0 Å². The van der Waals surface area contributed by atoms with Gasteiger partial charge in [-0.1, -0.05) is 12.1 Å². The number of benzene rings is 1. The minimum atomic E-state index is -0.935. The normalized spacial score (nSPS) is 12.0. The molecule has 0 aliphatic rings. The molecule has 0 aliphatic carbocycles. The number of non-ortho nitro benzene ring substituents is 1. The average molecular weight is 307 g/mol. The summed E-state index contributed by atoms with van der Waals surface area (Å²) >= 11 is 0. The van der Waals surface area contributed by atoms with Gasteiger partial charge in [-0.2, -0.15) is 4.39 Å². The van der Waals surface area contributed by atoms with Crippen molar-refractivity contribution in [2.24, 2.45) is 0 Å². The predicted molar refractivity (Wildman–Crippen MR) is 75.1 cm³/mol. The Bertz CT molecular complexity index is 714. The smallest absolute Gasteiger partial charge is 0.359 e. The van der Waals surface area contributed by atoms with Gasteiger partial charge >= 0.3 is 5.97 Å². The molecule has 7 nitrogen and oxygen atoms in total. The highest BCUT2D eigenvalue weighted by Gasteiger charge is 2.24. The third-order valence-corrected chi connectivity index (χ3v) is 3.20. The molecule has 0 unspecified atom stereocenters. The maximum absolute atomic E-state index is 13.7. The van der Waals surface area contributed by atoms with Crippen LogP contribution in [0.3, 0.4) is 0 Å². The lowest BCUT2D eigenvalue weighted by atomic mass is 10.1. The molecule has 22 heavy (non-hydrogen) atoms. The van der Waals surface area contributed by atoms with E-state index in [9.17, 15) is 19.3 Å². The van der Waals surface area contributed by atoms with Crippen molar-refractivity contribution in [2.75, 3.05) is 6.61 Å². The Labute approximate surface area is 125 Å². The van der Waals surface area contributed by atoms with Gasteiger partial charge in [0.1, 0.15) is 0 Å². The molecule has 0 radical (unpaired) electrons. The van der Waals surface area contributed by atoms with Crippen molar-refractivity contribution in [3.63, 3.8) is 0 Å². The van der Waals surface area contributed by atoms with Gasteiger partial charge in [0.05, 0.1) is 23.9 Å². The van der Waals surface area contributed by atoms with Crippen molar-refractivity contribution in [1.29, 1.82) is 0 Å². The van der Waals surface area contributed by atoms with Crippen molar-refractivity contribution in [1.82, 2.24) is 9.55 Å². The number of hydrogen-bond donors (Lipinski definition) is 0. The molecule has 1 aromatic heterocycles. The lowest BCUT2D eigenvalue weighted by Gasteiger charge is -2.16. The number of halogens is 1. The van der Waals surface area contributed by atoms with Crippen LogP contribution in [-0.2, 0) is 4.74 Å². The van der Waals surface area contributed by atoms with Gasteiger partial charge in [0.25, 0.3) is 5.69 Å². The number of aromatic nitrogens is 2. The van der Waals surface area contributed by atoms with E-state index in [0.717, 1.165) is 0 Å². The fourth-order valence-corrected chi connectivity index (χ4v) is 2.08. The molecular weight excluding hydrogens is 293 g/mol. The fraction of sp³-hybridized carbons (Fsp3) is 0.286. The minimum absolute atomic E-state index is 0.0809. The molecule has 1 atom stereocenters. The Kier molecular flexibility index (Phi) is 4.50. The van der Waals surface area contributed by atoms with Crippen molar-refractivity contribution in [2.45, 2.75) is 19.9 Å². The maximum Gasteiger partial charge on any atom is 0.359 e. The minimum Gasteiger partial charge on any atom is -0.461 e. The van der Waals surface area contributed by atoms with Crippen molar-refractivity contribution < 1.29 is 18.8 Å². The Morgan fingerprint density at radius 1 is 1.55 bits per heavy atom. The first-order valence-corrected chi connectivity index (χ1v) is 6.59. The van der Waals surface area contributed by atoms with Crippen molar-refractivity contribution in [3.8, 4) is 0 Å². The first-order chi connectivity index (χ1) is 10.5. The van der Waals surface area contributed by atoms with Gasteiger partial charge in [0.15, 0.2) is 5.69 Å². The highest BCUT2D eigenvalue weighted by molar-refractivity contribution is 5.87. The molecule has 0 spiro atoms. The van der Waals surface area contributed by atoms with E-state index in [1.54, 1.807) is 19.9 Å². The number of nitro groups is 1. The molecule has 1 heterocycles. The second-order valence-corrected chi connectivity index (χ2v) is 4.54. The largest absolute Gasteiger partial charge is 0.461 e. The van der Waals surface area contributed by atoms with Crippen LogP contribution in [0.4, 0.5) is 10.1 Å². The van der Waals surface area contributed by atoms with E-state index in [1.165, 1.54) is 29.1 Å². The van der Waals surface area contributed by atoms with Crippen LogP contribution in [-0.4, -0.2) is 27.1 Å². The van der Waals surface area contributed by atoms with Crippen LogP contribution < -0.4 is 0 Å². The molecule has 0 amide bonds. The first-order valence-electron chi connectivity index (χ1n) is 6.59. The summed E-state index contributed by atoms with van der Waals surface area (Å²) < 4.78 is 19.8. The molecular formula is C14H14FN3O4. The zero-order valence-corrected chi connectivity index (χ0v) is 12.0. The van der Waals surface area contributed by atoms with Crippen LogP contribution in [0.15, 0.2) is 30.6 Å². The summed E-state index contributed by atoms with van der Waals surface area (Å²) in [5, 5.41) is 10.8. The summed E-state index contributed by atoms with van der Waals surface area (Å²) in [6.07, 6.45) is 1.17. The third kappa shape index (κ3) is 2.95. The lowest BCUT2D eigenvalue weighted by molar-refractivity contribution is -0.384. The number of carbonyl (C=O) groups excluding carboxylic acids is 1. The van der Waals surface area contributed by atoms with E-state index in [2.05, 4.69) is 4.98 Å². The van der Waals surface area contributed by atoms with Gasteiger partial charge in [0.2, 0.25) is 5.95 Å². The summed E-state index contributed by atoms with van der Waals surface area (Å²) in [6, 6.07) is 5.40. The summed E-state index contributed by atoms with van der Waals surface area (Å²) in [5.74, 6) is -1.76. The van der Waals surface area contributed by atoms with Gasteiger partial charge in [-0.05, 0) is 19.4 Å². The Hall–Kier alpha value is -2.77. The zero-order valence-electron chi connectivity index (χ0n) is 12.0. The van der Waals surface area contributed by atoms with E-state index in [4.69, 9.17) is 4.74 Å². The van der Waals surface area contributed by atoms with E-state index in [1.807, 2.05) is 0 Å². The number of rotatable bonds is 5.